The van der Waals surface area contributed by atoms with Crippen LogP contribution in [-0.4, -0.2) is 11.5 Å². The normalized spacial score (nSPS) is 10.4. The molecule has 0 unspecified atom stereocenters. The maximum absolute atomic E-state index is 6.13. The Kier molecular flexibility index (Phi) is 4.97. The molecule has 0 radical (unpaired) electrons. The van der Waals surface area contributed by atoms with Gasteiger partial charge >= 0.3 is 0 Å². The van der Waals surface area contributed by atoms with Crippen LogP contribution in [0.5, 0.6) is 11.6 Å². The molecule has 1 aromatic heterocycles. The number of nitrogens with one attached hydrogen (secondary N) is 1. The van der Waals surface area contributed by atoms with Crippen LogP contribution >= 0.6 is 34.8 Å². The van der Waals surface area contributed by atoms with Gasteiger partial charge in [0.25, 0.3) is 0 Å². The quantitative estimate of drug-likeness (QED) is 0.794. The predicted molar refractivity (Wildman–Crippen MR) is 84.7 cm³/mol. The molecular formula is C14H13Cl3N2O. The zero-order valence-corrected chi connectivity index (χ0v) is 13.3. The number of anilines is 1. The van der Waals surface area contributed by atoms with Crippen molar-refractivity contribution in [1.29, 1.82) is 0 Å². The summed E-state index contributed by atoms with van der Waals surface area (Å²) in [6.45, 7) is 4.59. The van der Waals surface area contributed by atoms with E-state index in [-0.39, 0.29) is 5.88 Å². The molecule has 0 aliphatic rings. The third-order valence-corrected chi connectivity index (χ3v) is 3.39. The van der Waals surface area contributed by atoms with Gasteiger partial charge in [-0.05, 0) is 37.6 Å². The van der Waals surface area contributed by atoms with E-state index in [4.69, 9.17) is 39.5 Å². The molecule has 0 saturated carbocycles. The molecule has 1 N–H and O–H groups in total. The second kappa shape index (κ2) is 6.53. The summed E-state index contributed by atoms with van der Waals surface area (Å²) in [4.78, 5) is 4.26. The molecular weight excluding hydrogens is 319 g/mol. The van der Waals surface area contributed by atoms with E-state index in [1.165, 1.54) is 0 Å². The van der Waals surface area contributed by atoms with Crippen LogP contribution in [0.3, 0.4) is 0 Å². The van der Waals surface area contributed by atoms with Crippen LogP contribution in [-0.2, 0) is 0 Å². The first-order valence-corrected chi connectivity index (χ1v) is 7.18. The standard InChI is InChI=1S/C14H13Cl3N2O/c1-3-18-13-10(16)7-11(17)14(19-13)20-12-5-4-8(2)6-9(12)15/h4-7H,3H2,1-2H3,(H,18,19). The maximum Gasteiger partial charge on any atom is 0.240 e. The van der Waals surface area contributed by atoms with Crippen LogP contribution in [0.2, 0.25) is 15.1 Å². The van der Waals surface area contributed by atoms with Crippen molar-refractivity contribution in [2.24, 2.45) is 0 Å². The van der Waals surface area contributed by atoms with Gasteiger partial charge in [0.05, 0.1) is 10.0 Å². The summed E-state index contributed by atoms with van der Waals surface area (Å²) in [5, 5.41) is 4.31. The summed E-state index contributed by atoms with van der Waals surface area (Å²) >= 11 is 18.3. The molecule has 1 aromatic carbocycles. The van der Waals surface area contributed by atoms with Gasteiger partial charge in [-0.15, -0.1) is 0 Å². The lowest BCUT2D eigenvalue weighted by atomic mass is 10.2. The van der Waals surface area contributed by atoms with E-state index in [2.05, 4.69) is 10.3 Å². The van der Waals surface area contributed by atoms with E-state index >= 15 is 0 Å². The van der Waals surface area contributed by atoms with Crippen molar-refractivity contribution in [3.05, 3.63) is 44.9 Å². The molecule has 1 heterocycles. The first-order chi connectivity index (χ1) is 9.51. The molecule has 0 atom stereocenters. The molecule has 6 heteroatoms. The van der Waals surface area contributed by atoms with Crippen LogP contribution in [0.1, 0.15) is 12.5 Å². The van der Waals surface area contributed by atoms with Crippen molar-refractivity contribution >= 4 is 40.6 Å². The van der Waals surface area contributed by atoms with Gasteiger partial charge in [-0.3, -0.25) is 0 Å². The number of hydrogen-bond acceptors (Lipinski definition) is 3. The van der Waals surface area contributed by atoms with Crippen LogP contribution in [0.4, 0.5) is 5.82 Å². The lowest BCUT2D eigenvalue weighted by Crippen LogP contribution is -2.01. The lowest BCUT2D eigenvalue weighted by Gasteiger charge is -2.12. The second-order valence-corrected chi connectivity index (χ2v) is 5.39. The van der Waals surface area contributed by atoms with Crippen molar-refractivity contribution in [3.8, 4) is 11.6 Å². The van der Waals surface area contributed by atoms with Gasteiger partial charge in [0.1, 0.15) is 16.6 Å². The number of aromatic nitrogens is 1. The van der Waals surface area contributed by atoms with E-state index in [1.54, 1.807) is 12.1 Å². The topological polar surface area (TPSA) is 34.2 Å². The van der Waals surface area contributed by atoms with Crippen LogP contribution in [0.15, 0.2) is 24.3 Å². The summed E-state index contributed by atoms with van der Waals surface area (Å²) in [7, 11) is 0. The van der Waals surface area contributed by atoms with Gasteiger partial charge in [0, 0.05) is 6.54 Å². The van der Waals surface area contributed by atoms with E-state index in [1.807, 2.05) is 26.0 Å². The van der Waals surface area contributed by atoms with E-state index in [0.29, 0.717) is 33.2 Å². The summed E-state index contributed by atoms with van der Waals surface area (Å²) in [5.41, 5.74) is 1.05. The van der Waals surface area contributed by atoms with Crippen LogP contribution in [0.25, 0.3) is 0 Å². The zero-order chi connectivity index (χ0) is 14.7. The Hall–Kier alpha value is -1.16. The molecule has 0 amide bonds. The van der Waals surface area contributed by atoms with Gasteiger partial charge in [-0.25, -0.2) is 0 Å². The number of ether oxygens (including phenoxy) is 1. The van der Waals surface area contributed by atoms with Crippen LogP contribution < -0.4 is 10.1 Å². The number of rotatable bonds is 4. The monoisotopic (exact) mass is 330 g/mol. The van der Waals surface area contributed by atoms with Gasteiger partial charge in [-0.1, -0.05) is 40.9 Å². The van der Waals surface area contributed by atoms with E-state index in [9.17, 15) is 0 Å². The number of pyridine rings is 1. The highest BCUT2D eigenvalue weighted by molar-refractivity contribution is 6.36. The molecule has 3 nitrogen and oxygen atoms in total. The highest BCUT2D eigenvalue weighted by Gasteiger charge is 2.12. The van der Waals surface area contributed by atoms with Crippen molar-refractivity contribution < 1.29 is 4.74 Å². The highest BCUT2D eigenvalue weighted by atomic mass is 35.5. The van der Waals surface area contributed by atoms with Crippen molar-refractivity contribution in [2.75, 3.05) is 11.9 Å². The number of benzene rings is 1. The van der Waals surface area contributed by atoms with E-state index in [0.717, 1.165) is 5.56 Å². The van der Waals surface area contributed by atoms with Crippen LogP contribution in [0, 0.1) is 6.92 Å². The summed E-state index contributed by atoms with van der Waals surface area (Å²) in [5.74, 6) is 1.28. The minimum absolute atomic E-state index is 0.262. The first-order valence-electron chi connectivity index (χ1n) is 6.05. The largest absolute Gasteiger partial charge is 0.436 e. The summed E-state index contributed by atoms with van der Waals surface area (Å²) in [6.07, 6.45) is 0. The predicted octanol–water partition coefficient (Wildman–Crippen LogP) is 5.57. The molecule has 106 valence electrons. The average Bonchev–Trinajstić information content (AvgIpc) is 2.38. The summed E-state index contributed by atoms with van der Waals surface area (Å²) < 4.78 is 5.66. The lowest BCUT2D eigenvalue weighted by molar-refractivity contribution is 0.464. The molecule has 0 bridgehead atoms. The first kappa shape index (κ1) is 15.2. The van der Waals surface area contributed by atoms with Gasteiger partial charge in [0.15, 0.2) is 0 Å². The third-order valence-electron chi connectivity index (χ3n) is 2.54. The number of hydrogen-bond donors (Lipinski definition) is 1. The Morgan fingerprint density at radius 1 is 1.10 bits per heavy atom. The van der Waals surface area contributed by atoms with Crippen molar-refractivity contribution in [1.82, 2.24) is 4.98 Å². The number of aryl methyl sites for hydroxylation is 1. The molecule has 0 saturated heterocycles. The Morgan fingerprint density at radius 2 is 1.85 bits per heavy atom. The molecule has 2 aromatic rings. The summed E-state index contributed by atoms with van der Waals surface area (Å²) in [6, 6.07) is 7.07. The highest BCUT2D eigenvalue weighted by Crippen LogP contribution is 2.36. The minimum Gasteiger partial charge on any atom is -0.436 e. The molecule has 0 aliphatic heterocycles. The SMILES string of the molecule is CCNc1nc(Oc2ccc(C)cc2Cl)c(Cl)cc1Cl. The minimum atomic E-state index is 0.262. The van der Waals surface area contributed by atoms with Crippen molar-refractivity contribution in [2.45, 2.75) is 13.8 Å². The van der Waals surface area contributed by atoms with E-state index < -0.39 is 0 Å². The van der Waals surface area contributed by atoms with Crippen molar-refractivity contribution in [3.63, 3.8) is 0 Å². The van der Waals surface area contributed by atoms with Gasteiger partial charge in [0.2, 0.25) is 5.88 Å². The smallest absolute Gasteiger partial charge is 0.240 e. The molecule has 0 spiro atoms. The Bertz CT molecular complexity index is 632. The fourth-order valence-corrected chi connectivity index (χ4v) is 2.34. The molecule has 0 fully saturated rings. The Labute approximate surface area is 132 Å². The third kappa shape index (κ3) is 3.48. The molecule has 2 rings (SSSR count). The fourth-order valence-electron chi connectivity index (χ4n) is 1.61. The molecule has 0 aliphatic carbocycles. The maximum atomic E-state index is 6.13. The second-order valence-electron chi connectivity index (χ2n) is 4.17. The average molecular weight is 332 g/mol. The molecule has 20 heavy (non-hydrogen) atoms. The number of halogens is 3. The zero-order valence-electron chi connectivity index (χ0n) is 11.0. The number of nitrogens with zero attached hydrogens (tertiary/aromatic N) is 1. The van der Waals surface area contributed by atoms with Gasteiger partial charge < -0.3 is 10.1 Å². The van der Waals surface area contributed by atoms with Gasteiger partial charge in [-0.2, -0.15) is 4.98 Å². The fraction of sp³-hybridized carbons (Fsp3) is 0.214. The Morgan fingerprint density at radius 3 is 2.50 bits per heavy atom. The Balaban J connectivity index is 2.35.